The van der Waals surface area contributed by atoms with E-state index in [4.69, 9.17) is 0 Å². The summed E-state index contributed by atoms with van der Waals surface area (Å²) in [5.41, 5.74) is 1.68. The van der Waals surface area contributed by atoms with E-state index in [0.29, 0.717) is 0 Å². The van der Waals surface area contributed by atoms with E-state index in [1.54, 1.807) is 5.57 Å². The maximum atomic E-state index is 2.50. The summed E-state index contributed by atoms with van der Waals surface area (Å²) in [5, 5.41) is 0. The Morgan fingerprint density at radius 1 is 1.27 bits per heavy atom. The molecule has 0 spiro atoms. The Morgan fingerprint density at radius 2 is 2.00 bits per heavy atom. The molecule has 0 bridgehead atoms. The van der Waals surface area contributed by atoms with Gasteiger partial charge in [-0.1, -0.05) is 31.4 Å². The number of rotatable bonds is 0. The summed E-state index contributed by atoms with van der Waals surface area (Å²) < 4.78 is 0. The first-order valence-corrected chi connectivity index (χ1v) is 4.97. The van der Waals surface area contributed by atoms with Gasteiger partial charge in [-0.2, -0.15) is 0 Å². The highest BCUT2D eigenvalue weighted by Crippen LogP contribution is 2.44. The monoisotopic (exact) mass is 150 g/mol. The van der Waals surface area contributed by atoms with Crippen molar-refractivity contribution in [3.8, 4) is 0 Å². The Labute approximate surface area is 69.7 Å². The Balaban J connectivity index is 2.14. The molecule has 3 unspecified atom stereocenters. The molecule has 0 heteroatoms. The third-order valence-corrected chi connectivity index (χ3v) is 3.61. The van der Waals surface area contributed by atoms with E-state index in [2.05, 4.69) is 19.9 Å². The molecule has 2 aliphatic rings. The predicted octanol–water partition coefficient (Wildman–Crippen LogP) is 3.39. The van der Waals surface area contributed by atoms with Gasteiger partial charge in [0.15, 0.2) is 0 Å². The van der Waals surface area contributed by atoms with E-state index < -0.39 is 0 Å². The zero-order chi connectivity index (χ0) is 7.84. The van der Waals surface area contributed by atoms with Crippen molar-refractivity contribution in [2.24, 2.45) is 17.8 Å². The minimum atomic E-state index is 0.875. The van der Waals surface area contributed by atoms with Gasteiger partial charge < -0.3 is 0 Å². The van der Waals surface area contributed by atoms with Crippen molar-refractivity contribution in [1.82, 2.24) is 0 Å². The third-order valence-electron chi connectivity index (χ3n) is 3.61. The number of hydrogen-bond acceptors (Lipinski definition) is 0. The van der Waals surface area contributed by atoms with E-state index in [0.717, 1.165) is 17.8 Å². The predicted molar refractivity (Wildman–Crippen MR) is 48.4 cm³/mol. The molecule has 0 aromatic heterocycles. The fraction of sp³-hybridized carbons (Fsp3) is 0.818. The van der Waals surface area contributed by atoms with Crippen molar-refractivity contribution in [3.05, 3.63) is 11.6 Å². The third kappa shape index (κ3) is 1.13. The van der Waals surface area contributed by atoms with Crippen LogP contribution in [0.15, 0.2) is 11.6 Å². The molecule has 0 aliphatic heterocycles. The quantitative estimate of drug-likeness (QED) is 0.464. The fourth-order valence-corrected chi connectivity index (χ4v) is 3.02. The Bertz CT molecular complexity index is 178. The van der Waals surface area contributed by atoms with E-state index >= 15 is 0 Å². The van der Waals surface area contributed by atoms with Gasteiger partial charge in [-0.3, -0.25) is 0 Å². The first-order chi connectivity index (χ1) is 5.29. The molecule has 0 heterocycles. The molecular formula is C11H18. The second-order valence-corrected chi connectivity index (χ2v) is 4.32. The lowest BCUT2D eigenvalue weighted by Gasteiger charge is -2.29. The second-order valence-electron chi connectivity index (χ2n) is 4.32. The zero-order valence-corrected chi connectivity index (χ0v) is 7.64. The maximum Gasteiger partial charge on any atom is -0.0172 e. The summed E-state index contributed by atoms with van der Waals surface area (Å²) in [6.07, 6.45) is 8.41. The molecule has 2 aliphatic carbocycles. The zero-order valence-electron chi connectivity index (χ0n) is 7.64. The topological polar surface area (TPSA) is 0 Å². The van der Waals surface area contributed by atoms with Crippen molar-refractivity contribution in [1.29, 1.82) is 0 Å². The highest BCUT2D eigenvalue weighted by molar-refractivity contribution is 5.16. The van der Waals surface area contributed by atoms with Crippen molar-refractivity contribution in [2.75, 3.05) is 0 Å². The molecule has 2 rings (SSSR count). The lowest BCUT2D eigenvalue weighted by Crippen LogP contribution is -2.19. The molecule has 0 aromatic carbocycles. The van der Waals surface area contributed by atoms with Gasteiger partial charge in [-0.15, -0.1) is 0 Å². The van der Waals surface area contributed by atoms with Gasteiger partial charge in [0.25, 0.3) is 0 Å². The highest BCUT2D eigenvalue weighted by Gasteiger charge is 2.33. The standard InChI is InChI=1S/C11H18/c1-8-7-9(2)11-6-4-3-5-10(8)11/h7-8,10-11H,3-6H2,1-2H3. The van der Waals surface area contributed by atoms with Crippen LogP contribution in [-0.2, 0) is 0 Å². The Kier molecular flexibility index (Phi) is 1.78. The van der Waals surface area contributed by atoms with Crippen LogP contribution in [0.3, 0.4) is 0 Å². The molecule has 0 aromatic rings. The van der Waals surface area contributed by atoms with Gasteiger partial charge in [-0.05, 0) is 37.5 Å². The molecule has 1 saturated carbocycles. The van der Waals surface area contributed by atoms with Gasteiger partial charge in [0.05, 0.1) is 0 Å². The molecule has 0 radical (unpaired) electrons. The molecular weight excluding hydrogens is 132 g/mol. The summed E-state index contributed by atoms with van der Waals surface area (Å²) in [7, 11) is 0. The molecule has 3 atom stereocenters. The van der Waals surface area contributed by atoms with E-state index in [1.165, 1.54) is 25.7 Å². The van der Waals surface area contributed by atoms with Gasteiger partial charge in [0.2, 0.25) is 0 Å². The Morgan fingerprint density at radius 3 is 2.73 bits per heavy atom. The SMILES string of the molecule is CC1=CC(C)C2CCCCC12. The Hall–Kier alpha value is -0.260. The molecule has 62 valence electrons. The average Bonchev–Trinajstić information content (AvgIpc) is 2.30. The summed E-state index contributed by atoms with van der Waals surface area (Å²) >= 11 is 0. The van der Waals surface area contributed by atoms with Crippen LogP contribution in [0.5, 0.6) is 0 Å². The summed E-state index contributed by atoms with van der Waals surface area (Å²) in [4.78, 5) is 0. The van der Waals surface area contributed by atoms with Gasteiger partial charge in [0, 0.05) is 0 Å². The normalized spacial score (nSPS) is 43.5. The fourth-order valence-electron chi connectivity index (χ4n) is 3.02. The number of fused-ring (bicyclic) bond motifs is 1. The average molecular weight is 150 g/mol. The van der Waals surface area contributed by atoms with Gasteiger partial charge in [0.1, 0.15) is 0 Å². The van der Waals surface area contributed by atoms with E-state index in [9.17, 15) is 0 Å². The lowest BCUT2D eigenvalue weighted by molar-refractivity contribution is 0.250. The second kappa shape index (κ2) is 2.66. The van der Waals surface area contributed by atoms with Crippen molar-refractivity contribution in [2.45, 2.75) is 39.5 Å². The van der Waals surface area contributed by atoms with Gasteiger partial charge in [-0.25, -0.2) is 0 Å². The van der Waals surface area contributed by atoms with Crippen molar-refractivity contribution >= 4 is 0 Å². The molecule has 11 heavy (non-hydrogen) atoms. The summed E-state index contributed by atoms with van der Waals surface area (Å²) in [6, 6.07) is 0. The van der Waals surface area contributed by atoms with Crippen LogP contribution in [0.25, 0.3) is 0 Å². The van der Waals surface area contributed by atoms with Crippen LogP contribution in [0.2, 0.25) is 0 Å². The molecule has 0 N–H and O–H groups in total. The molecule has 1 fully saturated rings. The lowest BCUT2D eigenvalue weighted by atomic mass is 9.76. The first kappa shape index (κ1) is 7.39. The minimum absolute atomic E-state index is 0.875. The highest BCUT2D eigenvalue weighted by atomic mass is 14.4. The molecule has 0 nitrogen and oxygen atoms in total. The smallest absolute Gasteiger partial charge is 0.0172 e. The van der Waals surface area contributed by atoms with E-state index in [1.807, 2.05) is 0 Å². The largest absolute Gasteiger partial charge is 0.0822 e. The van der Waals surface area contributed by atoms with Crippen LogP contribution >= 0.6 is 0 Å². The van der Waals surface area contributed by atoms with Crippen LogP contribution in [0, 0.1) is 17.8 Å². The molecule has 0 amide bonds. The van der Waals surface area contributed by atoms with Crippen molar-refractivity contribution in [3.63, 3.8) is 0 Å². The minimum Gasteiger partial charge on any atom is -0.0822 e. The van der Waals surface area contributed by atoms with Crippen LogP contribution in [0.1, 0.15) is 39.5 Å². The summed E-state index contributed by atoms with van der Waals surface area (Å²) in [6.45, 7) is 4.71. The summed E-state index contributed by atoms with van der Waals surface area (Å²) in [5.74, 6) is 2.86. The number of hydrogen-bond donors (Lipinski definition) is 0. The first-order valence-electron chi connectivity index (χ1n) is 4.97. The van der Waals surface area contributed by atoms with Crippen LogP contribution < -0.4 is 0 Å². The number of allylic oxidation sites excluding steroid dienone is 2. The van der Waals surface area contributed by atoms with E-state index in [-0.39, 0.29) is 0 Å². The van der Waals surface area contributed by atoms with Crippen molar-refractivity contribution < 1.29 is 0 Å². The van der Waals surface area contributed by atoms with Crippen LogP contribution in [-0.4, -0.2) is 0 Å². The van der Waals surface area contributed by atoms with Crippen LogP contribution in [0.4, 0.5) is 0 Å². The maximum absolute atomic E-state index is 2.50. The molecule has 0 saturated heterocycles. The van der Waals surface area contributed by atoms with Gasteiger partial charge >= 0.3 is 0 Å².